The van der Waals surface area contributed by atoms with E-state index in [0.29, 0.717) is 12.1 Å². The van der Waals surface area contributed by atoms with Crippen LogP contribution in [0.1, 0.15) is 41.0 Å². The first-order chi connectivity index (χ1) is 6.27. The highest BCUT2D eigenvalue weighted by molar-refractivity contribution is 5.01. The molecule has 2 nitrogen and oxygen atoms in total. The minimum atomic E-state index is -0.0826. The molecular weight excluding hydrogens is 174 g/mol. The molecule has 0 saturated carbocycles. The topological polar surface area (TPSA) is 21.3 Å². The Labute approximate surface area is 87.7 Å². The zero-order valence-corrected chi connectivity index (χ0v) is 10.1. The highest BCUT2D eigenvalue weighted by Crippen LogP contribution is 2.37. The second kappa shape index (κ2) is 3.67. The van der Waals surface area contributed by atoms with E-state index in [9.17, 15) is 0 Å². The molecule has 0 aliphatic carbocycles. The van der Waals surface area contributed by atoms with Crippen LogP contribution in [0.5, 0.6) is 0 Å². The van der Waals surface area contributed by atoms with E-state index in [1.54, 1.807) is 0 Å². The lowest BCUT2D eigenvalue weighted by atomic mass is 9.94. The summed E-state index contributed by atoms with van der Waals surface area (Å²) in [6.45, 7) is 14.5. The van der Waals surface area contributed by atoms with Crippen LogP contribution < -0.4 is 5.32 Å². The molecule has 0 aromatic heterocycles. The summed E-state index contributed by atoms with van der Waals surface area (Å²) in [5.74, 6) is 0. The van der Waals surface area contributed by atoms with Crippen molar-refractivity contribution in [1.29, 1.82) is 0 Å². The molecule has 1 heterocycles. The Balaban J connectivity index is 2.65. The predicted octanol–water partition coefficient (Wildman–Crippen LogP) is 2.50. The van der Waals surface area contributed by atoms with Gasteiger partial charge in [-0.3, -0.25) is 0 Å². The number of nitrogens with one attached hydrogen (secondary N) is 1. The van der Waals surface area contributed by atoms with E-state index in [-0.39, 0.29) is 11.2 Å². The van der Waals surface area contributed by atoms with Crippen molar-refractivity contribution in [3.63, 3.8) is 0 Å². The lowest BCUT2D eigenvalue weighted by Gasteiger charge is -2.29. The van der Waals surface area contributed by atoms with Crippen LogP contribution in [0.3, 0.4) is 0 Å². The fourth-order valence-corrected chi connectivity index (χ4v) is 2.21. The molecule has 1 N–H and O–H groups in total. The highest BCUT2D eigenvalue weighted by atomic mass is 16.5. The Morgan fingerprint density at radius 3 is 2.36 bits per heavy atom. The van der Waals surface area contributed by atoms with E-state index in [1.807, 2.05) is 6.08 Å². The molecule has 2 atom stereocenters. The fourth-order valence-electron chi connectivity index (χ4n) is 2.21. The van der Waals surface area contributed by atoms with Gasteiger partial charge in [-0.15, -0.1) is 6.58 Å². The van der Waals surface area contributed by atoms with Crippen LogP contribution in [0.15, 0.2) is 12.7 Å². The van der Waals surface area contributed by atoms with Crippen LogP contribution in [-0.4, -0.2) is 23.3 Å². The van der Waals surface area contributed by atoms with E-state index >= 15 is 0 Å². The maximum Gasteiger partial charge on any atom is 0.0787 e. The van der Waals surface area contributed by atoms with Gasteiger partial charge in [0.05, 0.1) is 11.2 Å². The van der Waals surface area contributed by atoms with Gasteiger partial charge in [-0.05, 0) is 41.0 Å². The van der Waals surface area contributed by atoms with Gasteiger partial charge >= 0.3 is 0 Å². The summed E-state index contributed by atoms with van der Waals surface area (Å²) < 4.78 is 6.00. The average molecular weight is 197 g/mol. The molecule has 0 aromatic carbocycles. The van der Waals surface area contributed by atoms with E-state index in [1.165, 1.54) is 0 Å². The van der Waals surface area contributed by atoms with Crippen molar-refractivity contribution >= 4 is 0 Å². The van der Waals surface area contributed by atoms with Gasteiger partial charge in [-0.1, -0.05) is 6.08 Å². The van der Waals surface area contributed by atoms with Crippen LogP contribution in [0.2, 0.25) is 0 Å². The van der Waals surface area contributed by atoms with Crippen LogP contribution in [0, 0.1) is 0 Å². The molecule has 14 heavy (non-hydrogen) atoms. The van der Waals surface area contributed by atoms with Crippen molar-refractivity contribution in [2.75, 3.05) is 0 Å². The molecule has 0 amide bonds. The summed E-state index contributed by atoms with van der Waals surface area (Å²) >= 11 is 0. The first-order valence-corrected chi connectivity index (χ1v) is 5.36. The van der Waals surface area contributed by atoms with E-state index < -0.39 is 0 Å². The van der Waals surface area contributed by atoms with Gasteiger partial charge in [0.25, 0.3) is 0 Å². The quantitative estimate of drug-likeness (QED) is 0.702. The van der Waals surface area contributed by atoms with Gasteiger partial charge in [-0.2, -0.15) is 0 Å². The minimum Gasteiger partial charge on any atom is -0.368 e. The Kier molecular flexibility index (Phi) is 3.07. The summed E-state index contributed by atoms with van der Waals surface area (Å²) in [6, 6.07) is 0.752. The lowest BCUT2D eigenvalue weighted by Crippen LogP contribution is -2.46. The molecule has 0 spiro atoms. The zero-order chi connectivity index (χ0) is 11.0. The Morgan fingerprint density at radius 1 is 1.43 bits per heavy atom. The molecule has 1 rings (SSSR count). The van der Waals surface area contributed by atoms with Crippen molar-refractivity contribution in [2.24, 2.45) is 0 Å². The highest BCUT2D eigenvalue weighted by Gasteiger charge is 2.45. The van der Waals surface area contributed by atoms with E-state index in [2.05, 4.69) is 46.5 Å². The summed E-state index contributed by atoms with van der Waals surface area (Å²) in [5.41, 5.74) is -0.0944. The lowest BCUT2D eigenvalue weighted by molar-refractivity contribution is -0.0700. The third-order valence-corrected chi connectivity index (χ3v) is 2.89. The summed E-state index contributed by atoms with van der Waals surface area (Å²) in [5, 5.41) is 3.53. The second-order valence-corrected chi connectivity index (χ2v) is 5.41. The third kappa shape index (κ3) is 2.58. The standard InChI is InChI=1S/C12H23NO/c1-7-9(2)13-10-8-11(3,4)14-12(10,5)6/h7,9-10,13H,1,8H2,2-6H3. The van der Waals surface area contributed by atoms with Gasteiger partial charge < -0.3 is 10.1 Å². The van der Waals surface area contributed by atoms with Crippen LogP contribution >= 0.6 is 0 Å². The number of rotatable bonds is 3. The summed E-state index contributed by atoms with van der Waals surface area (Å²) in [6.07, 6.45) is 2.99. The van der Waals surface area contributed by atoms with E-state index in [4.69, 9.17) is 4.74 Å². The molecule has 82 valence electrons. The van der Waals surface area contributed by atoms with Gasteiger partial charge in [0.1, 0.15) is 0 Å². The summed E-state index contributed by atoms with van der Waals surface area (Å²) in [4.78, 5) is 0. The van der Waals surface area contributed by atoms with Gasteiger partial charge in [0, 0.05) is 12.1 Å². The Bertz CT molecular complexity index is 220. The third-order valence-electron chi connectivity index (χ3n) is 2.89. The van der Waals surface area contributed by atoms with Gasteiger partial charge in [0.15, 0.2) is 0 Å². The largest absolute Gasteiger partial charge is 0.368 e. The van der Waals surface area contributed by atoms with Crippen molar-refractivity contribution in [1.82, 2.24) is 5.32 Å². The van der Waals surface area contributed by atoms with Crippen LogP contribution in [0.25, 0.3) is 0 Å². The van der Waals surface area contributed by atoms with Gasteiger partial charge in [0.2, 0.25) is 0 Å². The average Bonchev–Trinajstić information content (AvgIpc) is 2.19. The first-order valence-electron chi connectivity index (χ1n) is 5.36. The molecule has 1 aliphatic rings. The minimum absolute atomic E-state index is 0.0118. The SMILES string of the molecule is C=CC(C)NC1CC(C)(C)OC1(C)C. The molecule has 2 unspecified atom stereocenters. The molecular formula is C12H23NO. The fraction of sp³-hybridized carbons (Fsp3) is 0.833. The normalized spacial score (nSPS) is 31.4. The van der Waals surface area contributed by atoms with Crippen molar-refractivity contribution < 1.29 is 4.74 Å². The molecule has 0 radical (unpaired) electrons. The van der Waals surface area contributed by atoms with Crippen LogP contribution in [-0.2, 0) is 4.74 Å². The van der Waals surface area contributed by atoms with Crippen molar-refractivity contribution in [3.05, 3.63) is 12.7 Å². The Hall–Kier alpha value is -0.340. The maximum atomic E-state index is 6.00. The maximum absolute atomic E-state index is 6.00. The number of hydrogen-bond donors (Lipinski definition) is 1. The smallest absolute Gasteiger partial charge is 0.0787 e. The predicted molar refractivity (Wildman–Crippen MR) is 60.4 cm³/mol. The number of hydrogen-bond acceptors (Lipinski definition) is 2. The number of ether oxygens (including phenoxy) is 1. The second-order valence-electron chi connectivity index (χ2n) is 5.41. The molecule has 1 aliphatic heterocycles. The first kappa shape index (κ1) is 11.7. The molecule has 2 heteroatoms. The monoisotopic (exact) mass is 197 g/mol. The molecule has 1 fully saturated rings. The molecule has 0 aromatic rings. The van der Waals surface area contributed by atoms with Gasteiger partial charge in [-0.25, -0.2) is 0 Å². The summed E-state index contributed by atoms with van der Waals surface area (Å²) in [7, 11) is 0. The van der Waals surface area contributed by atoms with Crippen molar-refractivity contribution in [3.8, 4) is 0 Å². The van der Waals surface area contributed by atoms with E-state index in [0.717, 1.165) is 6.42 Å². The van der Waals surface area contributed by atoms with Crippen molar-refractivity contribution in [2.45, 2.75) is 64.3 Å². The van der Waals surface area contributed by atoms with Crippen LogP contribution in [0.4, 0.5) is 0 Å². The Morgan fingerprint density at radius 2 is 2.00 bits per heavy atom. The molecule has 0 bridgehead atoms. The zero-order valence-electron chi connectivity index (χ0n) is 10.1. The molecule has 1 saturated heterocycles.